The number of unbranched alkanes of at least 4 members (excludes halogenated alkanes) is 1. The maximum absolute atomic E-state index is 11.9. The molecule has 1 aliphatic rings. The Kier molecular flexibility index (Phi) is 5.99. The lowest BCUT2D eigenvalue weighted by Crippen LogP contribution is -2.54. The largest absolute Gasteiger partial charge is 0.333 e. The number of likely N-dealkylation sites (N-methyl/N-ethyl adjacent to an activating group) is 1. The molecule has 2 amide bonds. The SMILES string of the molecule is CCN1CCN(CCCCc2nc(CCl)cs2)C(=O)C1=O. The van der Waals surface area contributed by atoms with E-state index in [4.69, 9.17) is 11.6 Å². The number of nitrogens with zero attached hydrogens (tertiary/aromatic N) is 3. The fraction of sp³-hybridized carbons (Fsp3) is 0.643. The van der Waals surface area contributed by atoms with Gasteiger partial charge in [-0.3, -0.25) is 9.59 Å². The lowest BCUT2D eigenvalue weighted by atomic mass is 10.2. The predicted octanol–water partition coefficient (Wildman–Crippen LogP) is 1.90. The smallest absolute Gasteiger partial charge is 0.312 e. The zero-order valence-corrected chi connectivity index (χ0v) is 13.8. The summed E-state index contributed by atoms with van der Waals surface area (Å²) in [6, 6.07) is 0. The molecule has 0 bridgehead atoms. The van der Waals surface area contributed by atoms with Gasteiger partial charge in [-0.15, -0.1) is 22.9 Å². The van der Waals surface area contributed by atoms with Crippen LogP contribution in [0.3, 0.4) is 0 Å². The minimum absolute atomic E-state index is 0.359. The number of carbonyl (C=O) groups excluding carboxylic acids is 2. The van der Waals surface area contributed by atoms with Crippen molar-refractivity contribution in [1.82, 2.24) is 14.8 Å². The molecular formula is C14H20ClN3O2S. The van der Waals surface area contributed by atoms with Gasteiger partial charge in [-0.1, -0.05) is 0 Å². The fourth-order valence-corrected chi connectivity index (χ4v) is 3.40. The van der Waals surface area contributed by atoms with Crippen molar-refractivity contribution in [2.75, 3.05) is 26.2 Å². The van der Waals surface area contributed by atoms with Crippen LogP contribution in [0.25, 0.3) is 0 Å². The van der Waals surface area contributed by atoms with E-state index in [-0.39, 0.29) is 11.8 Å². The number of amides is 2. The Morgan fingerprint density at radius 1 is 1.24 bits per heavy atom. The first kappa shape index (κ1) is 16.2. The molecule has 0 aromatic carbocycles. The third kappa shape index (κ3) is 4.17. The van der Waals surface area contributed by atoms with Gasteiger partial charge in [0.05, 0.1) is 16.6 Å². The molecule has 2 heterocycles. The first-order valence-corrected chi connectivity index (χ1v) is 8.64. The summed E-state index contributed by atoms with van der Waals surface area (Å²) in [5, 5.41) is 3.07. The summed E-state index contributed by atoms with van der Waals surface area (Å²) in [4.78, 5) is 31.4. The summed E-state index contributed by atoms with van der Waals surface area (Å²) in [6.45, 7) is 4.43. The van der Waals surface area contributed by atoms with Gasteiger partial charge in [0.2, 0.25) is 0 Å². The lowest BCUT2D eigenvalue weighted by Gasteiger charge is -2.33. The number of hydrogen-bond donors (Lipinski definition) is 0. The van der Waals surface area contributed by atoms with E-state index in [0.29, 0.717) is 32.1 Å². The Morgan fingerprint density at radius 3 is 2.62 bits per heavy atom. The van der Waals surface area contributed by atoms with Crippen LogP contribution in [-0.2, 0) is 21.9 Å². The molecule has 2 rings (SSSR count). The third-order valence-electron chi connectivity index (χ3n) is 3.58. The minimum Gasteiger partial charge on any atom is -0.333 e. The van der Waals surface area contributed by atoms with E-state index in [1.165, 1.54) is 0 Å². The van der Waals surface area contributed by atoms with Crippen LogP contribution in [-0.4, -0.2) is 52.8 Å². The predicted molar refractivity (Wildman–Crippen MR) is 83.4 cm³/mol. The molecule has 1 aromatic rings. The average Bonchev–Trinajstić information content (AvgIpc) is 2.96. The van der Waals surface area contributed by atoms with E-state index >= 15 is 0 Å². The molecule has 21 heavy (non-hydrogen) atoms. The second kappa shape index (κ2) is 7.75. The topological polar surface area (TPSA) is 53.5 Å². The summed E-state index contributed by atoms with van der Waals surface area (Å²) in [5.41, 5.74) is 0.924. The van der Waals surface area contributed by atoms with Crippen molar-refractivity contribution in [1.29, 1.82) is 0 Å². The highest BCUT2D eigenvalue weighted by molar-refractivity contribution is 7.09. The van der Waals surface area contributed by atoms with Crippen molar-refractivity contribution in [2.45, 2.75) is 32.1 Å². The van der Waals surface area contributed by atoms with Crippen molar-refractivity contribution in [2.24, 2.45) is 0 Å². The monoisotopic (exact) mass is 329 g/mol. The second-order valence-electron chi connectivity index (χ2n) is 5.00. The lowest BCUT2D eigenvalue weighted by molar-refractivity contribution is -0.155. The van der Waals surface area contributed by atoms with Crippen molar-refractivity contribution in [3.8, 4) is 0 Å². The Labute approximate surface area is 133 Å². The number of thiazole rings is 1. The molecule has 0 saturated carbocycles. The van der Waals surface area contributed by atoms with Crippen LogP contribution in [0.2, 0.25) is 0 Å². The Hall–Kier alpha value is -1.14. The molecule has 116 valence electrons. The van der Waals surface area contributed by atoms with Gasteiger partial charge in [0.15, 0.2) is 0 Å². The molecule has 1 fully saturated rings. The number of rotatable bonds is 7. The highest BCUT2D eigenvalue weighted by atomic mass is 35.5. The first-order chi connectivity index (χ1) is 10.2. The number of alkyl halides is 1. The first-order valence-electron chi connectivity index (χ1n) is 7.23. The normalized spacial score (nSPS) is 15.9. The molecule has 1 aliphatic heterocycles. The van der Waals surface area contributed by atoms with Crippen molar-refractivity contribution in [3.63, 3.8) is 0 Å². The number of halogens is 1. The summed E-state index contributed by atoms with van der Waals surface area (Å²) >= 11 is 7.35. The van der Waals surface area contributed by atoms with E-state index in [2.05, 4.69) is 4.98 Å². The number of hydrogen-bond acceptors (Lipinski definition) is 4. The molecule has 0 unspecified atom stereocenters. The van der Waals surface area contributed by atoms with Gasteiger partial charge in [0.1, 0.15) is 0 Å². The summed E-state index contributed by atoms with van der Waals surface area (Å²) < 4.78 is 0. The van der Waals surface area contributed by atoms with Gasteiger partial charge in [-0.05, 0) is 26.2 Å². The summed E-state index contributed by atoms with van der Waals surface area (Å²) in [5.74, 6) is -0.272. The van der Waals surface area contributed by atoms with Crippen LogP contribution in [0, 0.1) is 0 Å². The van der Waals surface area contributed by atoms with Gasteiger partial charge in [-0.25, -0.2) is 4.98 Å². The fourth-order valence-electron chi connectivity index (χ4n) is 2.33. The zero-order chi connectivity index (χ0) is 15.2. The van der Waals surface area contributed by atoms with E-state index in [1.54, 1.807) is 21.1 Å². The van der Waals surface area contributed by atoms with Crippen LogP contribution in [0.4, 0.5) is 0 Å². The number of piperazine rings is 1. The van der Waals surface area contributed by atoms with Gasteiger partial charge < -0.3 is 9.80 Å². The highest BCUT2D eigenvalue weighted by Gasteiger charge is 2.30. The molecule has 0 aliphatic carbocycles. The number of carbonyl (C=O) groups is 2. The average molecular weight is 330 g/mol. The standard InChI is InChI=1S/C14H20ClN3O2S/c1-2-17-7-8-18(14(20)13(17)19)6-4-3-5-12-16-11(9-15)10-21-12/h10H,2-9H2,1H3. The van der Waals surface area contributed by atoms with Gasteiger partial charge >= 0.3 is 11.8 Å². The molecular weight excluding hydrogens is 310 g/mol. The van der Waals surface area contributed by atoms with E-state index < -0.39 is 0 Å². The molecule has 0 radical (unpaired) electrons. The van der Waals surface area contributed by atoms with Crippen LogP contribution < -0.4 is 0 Å². The Balaban J connectivity index is 1.71. The van der Waals surface area contributed by atoms with Crippen LogP contribution in [0.5, 0.6) is 0 Å². The molecule has 0 N–H and O–H groups in total. The molecule has 0 atom stereocenters. The maximum Gasteiger partial charge on any atom is 0.312 e. The highest BCUT2D eigenvalue weighted by Crippen LogP contribution is 2.14. The van der Waals surface area contributed by atoms with Gasteiger partial charge in [0.25, 0.3) is 0 Å². The maximum atomic E-state index is 11.9. The quantitative estimate of drug-likeness (QED) is 0.436. The van der Waals surface area contributed by atoms with Crippen LogP contribution >= 0.6 is 22.9 Å². The van der Waals surface area contributed by atoms with Crippen LogP contribution in [0.15, 0.2) is 5.38 Å². The molecule has 1 saturated heterocycles. The Morgan fingerprint density at radius 2 is 1.95 bits per heavy atom. The van der Waals surface area contributed by atoms with E-state index in [9.17, 15) is 9.59 Å². The minimum atomic E-state index is -0.365. The second-order valence-corrected chi connectivity index (χ2v) is 6.21. The van der Waals surface area contributed by atoms with Crippen molar-refractivity contribution < 1.29 is 9.59 Å². The third-order valence-corrected chi connectivity index (χ3v) is 4.82. The number of aryl methyl sites for hydroxylation is 1. The summed E-state index contributed by atoms with van der Waals surface area (Å²) in [7, 11) is 0. The molecule has 0 spiro atoms. The molecule has 7 heteroatoms. The van der Waals surface area contributed by atoms with Crippen LogP contribution in [0.1, 0.15) is 30.5 Å². The zero-order valence-electron chi connectivity index (χ0n) is 12.2. The van der Waals surface area contributed by atoms with E-state index in [1.807, 2.05) is 12.3 Å². The number of aromatic nitrogens is 1. The molecule has 1 aromatic heterocycles. The van der Waals surface area contributed by atoms with Gasteiger partial charge in [-0.2, -0.15) is 0 Å². The van der Waals surface area contributed by atoms with Gasteiger partial charge in [0, 0.05) is 31.6 Å². The summed E-state index contributed by atoms with van der Waals surface area (Å²) in [6.07, 6.45) is 2.75. The Bertz CT molecular complexity index is 506. The van der Waals surface area contributed by atoms with Crippen molar-refractivity contribution in [3.05, 3.63) is 16.1 Å². The molecule has 5 nitrogen and oxygen atoms in total. The van der Waals surface area contributed by atoms with E-state index in [0.717, 1.165) is 30.0 Å². The van der Waals surface area contributed by atoms with Crippen molar-refractivity contribution >= 4 is 34.8 Å².